The van der Waals surface area contributed by atoms with Crippen molar-refractivity contribution in [3.63, 3.8) is 0 Å². The standard InChI is InChI=1S/C12H14N2O5/c13-12(19)9-4-2-1-3-8(9)5-14(6-10(15)16)7-11(17)18/h1-4H,5-7H2,(H2,13,19)(H,15,16)(H,17,18). The third-order valence-electron chi connectivity index (χ3n) is 2.39. The lowest BCUT2D eigenvalue weighted by molar-refractivity contribution is -0.142. The molecule has 1 amide bonds. The Kier molecular flexibility index (Phi) is 5.01. The quantitative estimate of drug-likeness (QED) is 0.626. The van der Waals surface area contributed by atoms with E-state index >= 15 is 0 Å². The van der Waals surface area contributed by atoms with E-state index in [-0.39, 0.29) is 12.1 Å². The number of carboxylic acids is 2. The molecule has 0 fully saturated rings. The van der Waals surface area contributed by atoms with Crippen molar-refractivity contribution in [3.8, 4) is 0 Å². The van der Waals surface area contributed by atoms with Crippen LogP contribution in [0.25, 0.3) is 0 Å². The number of benzene rings is 1. The number of nitrogens with two attached hydrogens (primary N) is 1. The molecule has 0 unspecified atom stereocenters. The average Bonchev–Trinajstić information content (AvgIpc) is 2.27. The molecule has 0 aliphatic heterocycles. The summed E-state index contributed by atoms with van der Waals surface area (Å²) in [6, 6.07) is 6.41. The lowest BCUT2D eigenvalue weighted by Gasteiger charge is -2.19. The molecular formula is C12H14N2O5. The minimum atomic E-state index is -1.14. The molecule has 0 aliphatic rings. The number of carbonyl (C=O) groups is 3. The Bertz CT molecular complexity index is 485. The highest BCUT2D eigenvalue weighted by atomic mass is 16.4. The number of carboxylic acid groups (broad SMARTS) is 2. The van der Waals surface area contributed by atoms with Gasteiger partial charge in [-0.2, -0.15) is 0 Å². The first-order valence-corrected chi connectivity index (χ1v) is 5.43. The first kappa shape index (κ1) is 14.7. The Labute approximate surface area is 109 Å². The Balaban J connectivity index is 2.92. The predicted octanol–water partition coefficient (Wildman–Crippen LogP) is -0.243. The molecule has 0 saturated carbocycles. The second-order valence-electron chi connectivity index (χ2n) is 3.95. The fraction of sp³-hybridized carbons (Fsp3) is 0.250. The van der Waals surface area contributed by atoms with Crippen LogP contribution in [0.1, 0.15) is 15.9 Å². The van der Waals surface area contributed by atoms with Gasteiger partial charge in [-0.1, -0.05) is 18.2 Å². The number of rotatable bonds is 7. The van der Waals surface area contributed by atoms with E-state index in [1.54, 1.807) is 18.2 Å². The zero-order chi connectivity index (χ0) is 14.4. The van der Waals surface area contributed by atoms with Crippen LogP contribution in [0.2, 0.25) is 0 Å². The SMILES string of the molecule is NC(=O)c1ccccc1CN(CC(=O)O)CC(=O)O. The van der Waals surface area contributed by atoms with Gasteiger partial charge in [-0.3, -0.25) is 19.3 Å². The van der Waals surface area contributed by atoms with Crippen LogP contribution in [0.3, 0.4) is 0 Å². The second kappa shape index (κ2) is 6.50. The van der Waals surface area contributed by atoms with E-state index in [4.69, 9.17) is 15.9 Å². The van der Waals surface area contributed by atoms with Gasteiger partial charge in [-0.15, -0.1) is 0 Å². The number of nitrogens with zero attached hydrogens (tertiary/aromatic N) is 1. The monoisotopic (exact) mass is 266 g/mol. The Morgan fingerprint density at radius 1 is 1.05 bits per heavy atom. The predicted molar refractivity (Wildman–Crippen MR) is 65.5 cm³/mol. The Hall–Kier alpha value is -2.41. The lowest BCUT2D eigenvalue weighted by atomic mass is 10.1. The maximum atomic E-state index is 11.2. The van der Waals surface area contributed by atoms with Crippen LogP contribution in [0.15, 0.2) is 24.3 Å². The molecule has 0 radical (unpaired) electrons. The number of carbonyl (C=O) groups excluding carboxylic acids is 1. The molecule has 1 aromatic rings. The van der Waals surface area contributed by atoms with Crippen molar-refractivity contribution in [2.75, 3.05) is 13.1 Å². The maximum Gasteiger partial charge on any atom is 0.317 e. The zero-order valence-corrected chi connectivity index (χ0v) is 10.1. The summed E-state index contributed by atoms with van der Waals surface area (Å²) in [7, 11) is 0. The van der Waals surface area contributed by atoms with Gasteiger partial charge in [0.25, 0.3) is 0 Å². The van der Waals surface area contributed by atoms with Crippen molar-refractivity contribution in [2.24, 2.45) is 5.73 Å². The van der Waals surface area contributed by atoms with Crippen molar-refractivity contribution in [1.82, 2.24) is 4.90 Å². The largest absolute Gasteiger partial charge is 0.480 e. The van der Waals surface area contributed by atoms with Gasteiger partial charge in [0.05, 0.1) is 13.1 Å². The Morgan fingerprint density at radius 3 is 2.05 bits per heavy atom. The normalized spacial score (nSPS) is 10.4. The highest BCUT2D eigenvalue weighted by Gasteiger charge is 2.16. The molecular weight excluding hydrogens is 252 g/mol. The molecule has 7 nitrogen and oxygen atoms in total. The molecule has 4 N–H and O–H groups in total. The summed E-state index contributed by atoms with van der Waals surface area (Å²) in [6.45, 7) is -0.837. The van der Waals surface area contributed by atoms with Crippen LogP contribution in [0, 0.1) is 0 Å². The minimum Gasteiger partial charge on any atom is -0.480 e. The highest BCUT2D eigenvalue weighted by molar-refractivity contribution is 5.94. The summed E-state index contributed by atoms with van der Waals surface area (Å²) in [4.78, 5) is 33.8. The van der Waals surface area contributed by atoms with Crippen LogP contribution >= 0.6 is 0 Å². The van der Waals surface area contributed by atoms with Gasteiger partial charge in [-0.25, -0.2) is 0 Å². The number of hydrogen-bond acceptors (Lipinski definition) is 4. The number of aliphatic carboxylic acids is 2. The summed E-state index contributed by atoms with van der Waals surface area (Å²) in [6.07, 6.45) is 0. The van der Waals surface area contributed by atoms with Crippen molar-refractivity contribution < 1.29 is 24.6 Å². The molecule has 102 valence electrons. The van der Waals surface area contributed by atoms with Gasteiger partial charge in [0, 0.05) is 12.1 Å². The number of primary amides is 1. The van der Waals surface area contributed by atoms with Gasteiger partial charge >= 0.3 is 11.9 Å². The highest BCUT2D eigenvalue weighted by Crippen LogP contribution is 2.11. The van der Waals surface area contributed by atoms with Crippen molar-refractivity contribution in [1.29, 1.82) is 0 Å². The van der Waals surface area contributed by atoms with Crippen LogP contribution in [-0.4, -0.2) is 46.0 Å². The first-order valence-electron chi connectivity index (χ1n) is 5.43. The molecule has 0 atom stereocenters. The zero-order valence-electron chi connectivity index (χ0n) is 10.1. The molecule has 0 aliphatic carbocycles. The molecule has 1 rings (SSSR count). The van der Waals surface area contributed by atoms with Gasteiger partial charge in [0.1, 0.15) is 0 Å². The smallest absolute Gasteiger partial charge is 0.317 e. The van der Waals surface area contributed by atoms with E-state index < -0.39 is 30.9 Å². The van der Waals surface area contributed by atoms with Crippen LogP contribution in [0.4, 0.5) is 0 Å². The van der Waals surface area contributed by atoms with Crippen LogP contribution in [-0.2, 0) is 16.1 Å². The van der Waals surface area contributed by atoms with Crippen molar-refractivity contribution in [3.05, 3.63) is 35.4 Å². The van der Waals surface area contributed by atoms with Crippen molar-refractivity contribution in [2.45, 2.75) is 6.54 Å². The van der Waals surface area contributed by atoms with Gasteiger partial charge < -0.3 is 15.9 Å². The third kappa shape index (κ3) is 4.76. The van der Waals surface area contributed by atoms with Crippen LogP contribution < -0.4 is 5.73 Å². The molecule has 0 spiro atoms. The summed E-state index contributed by atoms with van der Waals surface area (Å²) >= 11 is 0. The molecule has 0 saturated heterocycles. The summed E-state index contributed by atoms with van der Waals surface area (Å²) in [5, 5.41) is 17.5. The van der Waals surface area contributed by atoms with Gasteiger partial charge in [-0.05, 0) is 11.6 Å². The molecule has 0 heterocycles. The minimum absolute atomic E-state index is 0.0255. The summed E-state index contributed by atoms with van der Waals surface area (Å²) < 4.78 is 0. The maximum absolute atomic E-state index is 11.2. The van der Waals surface area contributed by atoms with E-state index in [0.29, 0.717) is 5.56 Å². The van der Waals surface area contributed by atoms with E-state index in [1.165, 1.54) is 11.0 Å². The second-order valence-corrected chi connectivity index (χ2v) is 3.95. The van der Waals surface area contributed by atoms with E-state index in [0.717, 1.165) is 0 Å². The summed E-state index contributed by atoms with van der Waals surface area (Å²) in [5.41, 5.74) is 5.95. The lowest BCUT2D eigenvalue weighted by Crippen LogP contribution is -2.34. The van der Waals surface area contributed by atoms with Crippen molar-refractivity contribution >= 4 is 17.8 Å². The first-order chi connectivity index (χ1) is 8.90. The molecule has 0 aromatic heterocycles. The van der Waals surface area contributed by atoms with E-state index in [2.05, 4.69) is 0 Å². The fourth-order valence-corrected chi connectivity index (χ4v) is 1.69. The summed E-state index contributed by atoms with van der Waals surface area (Å²) in [5.74, 6) is -2.92. The molecule has 7 heteroatoms. The van der Waals surface area contributed by atoms with E-state index in [9.17, 15) is 14.4 Å². The molecule has 1 aromatic carbocycles. The molecule has 0 bridgehead atoms. The third-order valence-corrected chi connectivity index (χ3v) is 2.39. The van der Waals surface area contributed by atoms with Gasteiger partial charge in [0.15, 0.2) is 0 Å². The molecule has 19 heavy (non-hydrogen) atoms. The average molecular weight is 266 g/mol. The fourth-order valence-electron chi connectivity index (χ4n) is 1.69. The number of hydrogen-bond donors (Lipinski definition) is 3. The number of amides is 1. The van der Waals surface area contributed by atoms with Gasteiger partial charge in [0.2, 0.25) is 5.91 Å². The van der Waals surface area contributed by atoms with Crippen LogP contribution in [0.5, 0.6) is 0 Å². The topological polar surface area (TPSA) is 121 Å². The Morgan fingerprint density at radius 2 is 1.58 bits per heavy atom. The van der Waals surface area contributed by atoms with E-state index in [1.807, 2.05) is 0 Å².